The Morgan fingerprint density at radius 3 is 1.35 bits per heavy atom. The lowest BCUT2D eigenvalue weighted by molar-refractivity contribution is -0.384. The van der Waals surface area contributed by atoms with Crippen molar-refractivity contribution in [1.29, 1.82) is 0 Å². The van der Waals surface area contributed by atoms with E-state index in [1.165, 1.54) is 24.3 Å². The monoisotopic (exact) mass is 667 g/mol. The molecule has 16 unspecified atom stereocenters. The minimum Gasteiger partial charge on any atom is -0.462 e. The lowest BCUT2D eigenvalue weighted by Crippen LogP contribution is -2.62. The molecule has 4 aliphatic rings. The molecular formula is C26H37NO19. The van der Waals surface area contributed by atoms with Gasteiger partial charge in [0.05, 0.1) is 31.4 Å². The van der Waals surface area contributed by atoms with Crippen molar-refractivity contribution in [2.45, 2.75) is 98.4 Å². The zero-order valence-corrected chi connectivity index (χ0v) is 23.9. The number of benzene rings is 1. The first-order valence-corrected chi connectivity index (χ1v) is 14.3. The molecule has 1 aromatic rings. The summed E-state index contributed by atoms with van der Waals surface area (Å²) in [6, 6.07) is 4.95. The molecule has 5 rings (SSSR count). The average molecular weight is 668 g/mol. The molecule has 20 heteroatoms. The van der Waals surface area contributed by atoms with E-state index in [1.54, 1.807) is 0 Å². The largest absolute Gasteiger partial charge is 0.462 e. The Balaban J connectivity index is 1.08. The molecule has 0 saturated carbocycles. The molecular weight excluding hydrogens is 630 g/mol. The molecule has 0 spiro atoms. The number of aliphatic hydroxyl groups excluding tert-OH is 9. The number of ether oxygens (including phenoxy) is 8. The average Bonchev–Trinajstić information content (AvgIpc) is 3.04. The van der Waals surface area contributed by atoms with E-state index in [2.05, 4.69) is 0 Å². The molecule has 260 valence electrons. The summed E-state index contributed by atoms with van der Waals surface area (Å²) in [5.74, 6) is 0.127. The van der Waals surface area contributed by atoms with Crippen LogP contribution in [0.1, 0.15) is 0 Å². The Bertz CT molecular complexity index is 1150. The Morgan fingerprint density at radius 1 is 0.543 bits per heavy atom. The normalized spacial score (nSPS) is 45.2. The first kappa shape index (κ1) is 35.1. The predicted molar refractivity (Wildman–Crippen MR) is 141 cm³/mol. The highest BCUT2D eigenvalue weighted by Crippen LogP contribution is 2.29. The first-order valence-electron chi connectivity index (χ1n) is 14.3. The lowest BCUT2D eigenvalue weighted by Gasteiger charge is -2.44. The van der Waals surface area contributed by atoms with Gasteiger partial charge in [-0.05, 0) is 12.1 Å². The van der Waals surface area contributed by atoms with E-state index >= 15 is 0 Å². The third-order valence-corrected chi connectivity index (χ3v) is 7.98. The maximum Gasteiger partial charge on any atom is 0.269 e. The fourth-order valence-corrected chi connectivity index (χ4v) is 5.20. The lowest BCUT2D eigenvalue weighted by atomic mass is 10.0. The van der Waals surface area contributed by atoms with Gasteiger partial charge in [0.1, 0.15) is 79.0 Å². The van der Waals surface area contributed by atoms with Crippen LogP contribution in [0.2, 0.25) is 0 Å². The maximum absolute atomic E-state index is 10.8. The van der Waals surface area contributed by atoms with Crippen molar-refractivity contribution in [1.82, 2.24) is 0 Å². The van der Waals surface area contributed by atoms with Crippen molar-refractivity contribution < 1.29 is 88.8 Å². The van der Waals surface area contributed by atoms with Gasteiger partial charge in [0.25, 0.3) is 5.69 Å². The van der Waals surface area contributed by atoms with Gasteiger partial charge < -0.3 is 83.9 Å². The molecule has 0 radical (unpaired) electrons. The standard InChI is InChI=1S/C26H37NO19/c28-11-5-39-24(19(33)15(11)29)44-13-7-41-26(21(35)17(13)31)46-14-8-42-25(22(36)18(14)32)45-12-6-40-23(20(34)16(12)30)43-10-3-1-9(2-4-10)27(37)38/h1-4,11-26,28-36H,5-8H2. The third-order valence-electron chi connectivity index (χ3n) is 7.98. The van der Waals surface area contributed by atoms with E-state index in [-0.39, 0.29) is 31.3 Å². The van der Waals surface area contributed by atoms with Crippen LogP contribution >= 0.6 is 0 Å². The molecule has 1 aromatic carbocycles. The summed E-state index contributed by atoms with van der Waals surface area (Å²) in [5.41, 5.74) is -0.179. The quantitative estimate of drug-likeness (QED) is 0.0878. The topological polar surface area (TPSA) is 299 Å². The summed E-state index contributed by atoms with van der Waals surface area (Å²) in [6.07, 6.45) is -24.3. The van der Waals surface area contributed by atoms with Crippen LogP contribution in [-0.2, 0) is 33.2 Å². The zero-order chi connectivity index (χ0) is 33.3. The van der Waals surface area contributed by atoms with Crippen LogP contribution < -0.4 is 4.74 Å². The number of hydrogen-bond acceptors (Lipinski definition) is 19. The van der Waals surface area contributed by atoms with Gasteiger partial charge in [-0.3, -0.25) is 10.1 Å². The molecule has 0 bridgehead atoms. The van der Waals surface area contributed by atoms with Crippen LogP contribution in [0.4, 0.5) is 5.69 Å². The molecule has 4 heterocycles. The Labute approximate surface area is 259 Å². The van der Waals surface area contributed by atoms with Crippen molar-refractivity contribution >= 4 is 5.69 Å². The number of non-ortho nitro benzene ring substituents is 1. The highest BCUT2D eigenvalue weighted by atomic mass is 16.8. The van der Waals surface area contributed by atoms with E-state index in [1.807, 2.05) is 0 Å². The number of nitro groups is 1. The van der Waals surface area contributed by atoms with E-state index in [4.69, 9.17) is 37.9 Å². The smallest absolute Gasteiger partial charge is 0.269 e. The molecule has 16 atom stereocenters. The van der Waals surface area contributed by atoms with Crippen molar-refractivity contribution in [3.63, 3.8) is 0 Å². The van der Waals surface area contributed by atoms with Gasteiger partial charge in [-0.25, -0.2) is 0 Å². The first-order chi connectivity index (χ1) is 21.8. The summed E-state index contributed by atoms with van der Waals surface area (Å²) in [7, 11) is 0. The SMILES string of the molecule is O=[N+]([O-])c1ccc(OC2OCC(OC3OCC(OC4OCC(OC5OCC(O)C(O)C5O)C(O)C4O)C(O)C3O)C(O)C2O)cc1. The Morgan fingerprint density at radius 2 is 0.913 bits per heavy atom. The molecule has 4 aliphatic heterocycles. The molecule has 0 amide bonds. The number of hydrogen-bond donors (Lipinski definition) is 9. The van der Waals surface area contributed by atoms with Crippen molar-refractivity contribution in [2.75, 3.05) is 26.4 Å². The van der Waals surface area contributed by atoms with Crippen LogP contribution in [-0.4, -0.2) is 176 Å². The molecule has 0 aromatic heterocycles. The summed E-state index contributed by atoms with van der Waals surface area (Å²) in [5, 5.41) is 104. The van der Waals surface area contributed by atoms with Gasteiger partial charge in [-0.1, -0.05) is 0 Å². The van der Waals surface area contributed by atoms with Crippen LogP contribution in [0.3, 0.4) is 0 Å². The Kier molecular flexibility index (Phi) is 11.4. The fraction of sp³-hybridized carbons (Fsp3) is 0.769. The maximum atomic E-state index is 10.8. The van der Waals surface area contributed by atoms with Crippen LogP contribution in [0.5, 0.6) is 5.75 Å². The molecule has 20 nitrogen and oxygen atoms in total. The fourth-order valence-electron chi connectivity index (χ4n) is 5.20. The second-order valence-corrected chi connectivity index (χ2v) is 11.2. The van der Waals surface area contributed by atoms with E-state index in [0.717, 1.165) is 0 Å². The van der Waals surface area contributed by atoms with Crippen LogP contribution in [0.25, 0.3) is 0 Å². The summed E-state index contributed by atoms with van der Waals surface area (Å²) in [6.45, 7) is -1.49. The number of nitrogens with zero attached hydrogens (tertiary/aromatic N) is 1. The number of rotatable bonds is 9. The van der Waals surface area contributed by atoms with Crippen molar-refractivity contribution in [3.05, 3.63) is 34.4 Å². The second kappa shape index (κ2) is 14.9. The van der Waals surface area contributed by atoms with E-state index in [0.29, 0.717) is 0 Å². The highest BCUT2D eigenvalue weighted by molar-refractivity contribution is 5.36. The molecule has 46 heavy (non-hydrogen) atoms. The van der Waals surface area contributed by atoms with Gasteiger partial charge in [-0.2, -0.15) is 0 Å². The minimum atomic E-state index is -1.76. The van der Waals surface area contributed by atoms with E-state index in [9.17, 15) is 56.1 Å². The number of aliphatic hydroxyl groups is 9. The van der Waals surface area contributed by atoms with Gasteiger partial charge in [0, 0.05) is 12.1 Å². The predicted octanol–water partition coefficient (Wildman–Crippen LogP) is -5.20. The van der Waals surface area contributed by atoms with Gasteiger partial charge >= 0.3 is 0 Å². The van der Waals surface area contributed by atoms with Crippen LogP contribution in [0.15, 0.2) is 24.3 Å². The van der Waals surface area contributed by atoms with Gasteiger partial charge in [0.15, 0.2) is 18.9 Å². The zero-order valence-electron chi connectivity index (χ0n) is 23.9. The number of nitro benzene ring substituents is 1. The molecule has 0 aliphatic carbocycles. The van der Waals surface area contributed by atoms with Gasteiger partial charge in [0.2, 0.25) is 6.29 Å². The van der Waals surface area contributed by atoms with Crippen LogP contribution in [0, 0.1) is 10.1 Å². The molecule has 4 saturated heterocycles. The highest BCUT2D eigenvalue weighted by Gasteiger charge is 2.49. The minimum absolute atomic E-state index is 0.127. The molecule has 9 N–H and O–H groups in total. The summed E-state index contributed by atoms with van der Waals surface area (Å²) in [4.78, 5) is 10.2. The Hall–Kier alpha value is -2.22. The molecule has 4 fully saturated rings. The third kappa shape index (κ3) is 7.57. The van der Waals surface area contributed by atoms with E-state index < -0.39 is 110 Å². The van der Waals surface area contributed by atoms with Crippen molar-refractivity contribution in [3.8, 4) is 5.75 Å². The second-order valence-electron chi connectivity index (χ2n) is 11.2. The van der Waals surface area contributed by atoms with Gasteiger partial charge in [-0.15, -0.1) is 0 Å². The van der Waals surface area contributed by atoms with Crippen molar-refractivity contribution in [2.24, 2.45) is 0 Å². The summed E-state index contributed by atoms with van der Waals surface area (Å²) < 4.78 is 43.5. The summed E-state index contributed by atoms with van der Waals surface area (Å²) >= 11 is 0.